The van der Waals surface area contributed by atoms with Crippen molar-refractivity contribution in [1.82, 2.24) is 14.7 Å². The first-order chi connectivity index (χ1) is 12.1. The Morgan fingerprint density at radius 1 is 1.04 bits per heavy atom. The highest BCUT2D eigenvalue weighted by Gasteiger charge is 2.33. The normalized spacial score (nSPS) is 18.3. The molecule has 2 aromatic rings. The highest BCUT2D eigenvalue weighted by Crippen LogP contribution is 2.26. The molecule has 2 aliphatic heterocycles. The smallest absolute Gasteiger partial charge is 0.254 e. The van der Waals surface area contributed by atoms with Crippen molar-refractivity contribution in [3.05, 3.63) is 47.3 Å². The average Bonchev–Trinajstić information content (AvgIpc) is 2.92. The predicted octanol–water partition coefficient (Wildman–Crippen LogP) is 3.19. The SMILES string of the molecule is Cc1cc(C)n(C2CN(C(=O)c3ccc(N4CCCCC4)cc3)C2)n1. The van der Waals surface area contributed by atoms with E-state index in [9.17, 15) is 4.79 Å². The lowest BCUT2D eigenvalue weighted by molar-refractivity contribution is 0.0497. The van der Waals surface area contributed by atoms with Crippen molar-refractivity contribution in [3.8, 4) is 0 Å². The van der Waals surface area contributed by atoms with Gasteiger partial charge in [-0.3, -0.25) is 9.48 Å². The molecule has 2 saturated heterocycles. The molecule has 5 heteroatoms. The highest BCUT2D eigenvalue weighted by atomic mass is 16.2. The summed E-state index contributed by atoms with van der Waals surface area (Å²) in [6, 6.07) is 10.5. The molecule has 1 aromatic carbocycles. The number of amides is 1. The number of hydrogen-bond acceptors (Lipinski definition) is 3. The fourth-order valence-electron chi connectivity index (χ4n) is 3.94. The van der Waals surface area contributed by atoms with Gasteiger partial charge in [0.25, 0.3) is 5.91 Å². The Morgan fingerprint density at radius 2 is 1.72 bits per heavy atom. The van der Waals surface area contributed by atoms with Crippen LogP contribution in [0.15, 0.2) is 30.3 Å². The maximum absolute atomic E-state index is 12.7. The second-order valence-corrected chi connectivity index (χ2v) is 7.33. The van der Waals surface area contributed by atoms with Crippen LogP contribution in [0.4, 0.5) is 5.69 Å². The van der Waals surface area contributed by atoms with Crippen molar-refractivity contribution >= 4 is 11.6 Å². The summed E-state index contributed by atoms with van der Waals surface area (Å²) < 4.78 is 2.05. The van der Waals surface area contributed by atoms with E-state index in [0.717, 1.165) is 37.4 Å². The first kappa shape index (κ1) is 16.2. The number of nitrogens with zero attached hydrogens (tertiary/aromatic N) is 4. The van der Waals surface area contributed by atoms with E-state index in [1.54, 1.807) is 0 Å². The van der Waals surface area contributed by atoms with Gasteiger partial charge in [0, 0.05) is 43.1 Å². The fourth-order valence-corrected chi connectivity index (χ4v) is 3.94. The van der Waals surface area contributed by atoms with Crippen molar-refractivity contribution in [2.75, 3.05) is 31.1 Å². The number of hydrogen-bond donors (Lipinski definition) is 0. The lowest BCUT2D eigenvalue weighted by atomic mass is 10.1. The Kier molecular flexibility index (Phi) is 4.24. The first-order valence-corrected chi connectivity index (χ1v) is 9.29. The molecule has 1 aromatic heterocycles. The number of anilines is 1. The zero-order valence-corrected chi connectivity index (χ0v) is 15.1. The number of carbonyl (C=O) groups excluding carboxylic acids is 1. The zero-order valence-electron chi connectivity index (χ0n) is 15.1. The Labute approximate surface area is 149 Å². The lowest BCUT2D eigenvalue weighted by Crippen LogP contribution is -2.51. The Morgan fingerprint density at radius 3 is 2.32 bits per heavy atom. The summed E-state index contributed by atoms with van der Waals surface area (Å²) in [5.74, 6) is 0.128. The Balaban J connectivity index is 1.38. The molecule has 0 saturated carbocycles. The van der Waals surface area contributed by atoms with Gasteiger partial charge < -0.3 is 9.80 Å². The van der Waals surface area contributed by atoms with E-state index in [4.69, 9.17) is 0 Å². The van der Waals surface area contributed by atoms with Crippen molar-refractivity contribution < 1.29 is 4.79 Å². The van der Waals surface area contributed by atoms with E-state index in [1.165, 1.54) is 30.6 Å². The molecule has 0 radical (unpaired) electrons. The van der Waals surface area contributed by atoms with E-state index in [2.05, 4.69) is 39.8 Å². The van der Waals surface area contributed by atoms with Crippen LogP contribution in [0.3, 0.4) is 0 Å². The lowest BCUT2D eigenvalue weighted by Gasteiger charge is -2.39. The van der Waals surface area contributed by atoms with Gasteiger partial charge in [0.1, 0.15) is 0 Å². The van der Waals surface area contributed by atoms with Gasteiger partial charge in [-0.15, -0.1) is 0 Å². The maximum Gasteiger partial charge on any atom is 0.254 e. The number of piperidine rings is 1. The zero-order chi connectivity index (χ0) is 17.4. The molecule has 3 heterocycles. The van der Waals surface area contributed by atoms with Crippen LogP contribution in [0.1, 0.15) is 47.1 Å². The van der Waals surface area contributed by atoms with Crippen LogP contribution in [0.25, 0.3) is 0 Å². The van der Waals surface area contributed by atoms with Gasteiger partial charge in [-0.1, -0.05) is 0 Å². The number of aryl methyl sites for hydroxylation is 2. The predicted molar refractivity (Wildman–Crippen MR) is 99.1 cm³/mol. The number of aromatic nitrogens is 2. The van der Waals surface area contributed by atoms with Gasteiger partial charge in [0.15, 0.2) is 0 Å². The molecule has 132 valence electrons. The molecule has 5 nitrogen and oxygen atoms in total. The molecule has 2 fully saturated rings. The molecule has 0 bridgehead atoms. The van der Waals surface area contributed by atoms with Crippen LogP contribution >= 0.6 is 0 Å². The molecule has 4 rings (SSSR count). The summed E-state index contributed by atoms with van der Waals surface area (Å²) in [5.41, 5.74) is 4.23. The van der Waals surface area contributed by atoms with Gasteiger partial charge in [-0.05, 0) is 63.4 Å². The average molecular weight is 338 g/mol. The maximum atomic E-state index is 12.7. The van der Waals surface area contributed by atoms with Crippen molar-refractivity contribution in [2.45, 2.75) is 39.2 Å². The standard InChI is InChI=1S/C20H26N4O/c1-15-12-16(2)24(21-15)19-13-23(14-19)20(25)17-6-8-18(9-7-17)22-10-4-3-5-11-22/h6-9,12,19H,3-5,10-11,13-14H2,1-2H3. The van der Waals surface area contributed by atoms with Crippen molar-refractivity contribution in [3.63, 3.8) is 0 Å². The molecule has 0 N–H and O–H groups in total. The summed E-state index contributed by atoms with van der Waals surface area (Å²) in [4.78, 5) is 17.0. The summed E-state index contributed by atoms with van der Waals surface area (Å²) in [5, 5.41) is 4.54. The van der Waals surface area contributed by atoms with Crippen LogP contribution < -0.4 is 4.90 Å². The quantitative estimate of drug-likeness (QED) is 0.863. The van der Waals surface area contributed by atoms with Gasteiger partial charge in [-0.2, -0.15) is 5.10 Å². The molecule has 0 spiro atoms. The molecule has 2 aliphatic rings. The van der Waals surface area contributed by atoms with Crippen LogP contribution in [0, 0.1) is 13.8 Å². The van der Waals surface area contributed by atoms with Crippen LogP contribution in [-0.4, -0.2) is 46.8 Å². The molecular weight excluding hydrogens is 312 g/mol. The monoisotopic (exact) mass is 338 g/mol. The van der Waals surface area contributed by atoms with Crippen molar-refractivity contribution in [1.29, 1.82) is 0 Å². The van der Waals surface area contributed by atoms with Gasteiger partial charge >= 0.3 is 0 Å². The summed E-state index contributed by atoms with van der Waals surface area (Å²) in [7, 11) is 0. The third-order valence-corrected chi connectivity index (χ3v) is 5.38. The minimum Gasteiger partial charge on any atom is -0.372 e. The van der Waals surface area contributed by atoms with Crippen LogP contribution in [-0.2, 0) is 0 Å². The van der Waals surface area contributed by atoms with Crippen LogP contribution in [0.5, 0.6) is 0 Å². The number of carbonyl (C=O) groups is 1. The molecule has 1 amide bonds. The summed E-state index contributed by atoms with van der Waals surface area (Å²) >= 11 is 0. The molecular formula is C20H26N4O. The largest absolute Gasteiger partial charge is 0.372 e. The third-order valence-electron chi connectivity index (χ3n) is 5.38. The van der Waals surface area contributed by atoms with Crippen LogP contribution in [0.2, 0.25) is 0 Å². The molecule has 0 atom stereocenters. The van der Waals surface area contributed by atoms with Gasteiger partial charge in [0.2, 0.25) is 0 Å². The third kappa shape index (κ3) is 3.15. The minimum absolute atomic E-state index is 0.128. The summed E-state index contributed by atoms with van der Waals surface area (Å²) in [6.07, 6.45) is 3.86. The van der Waals surface area contributed by atoms with E-state index in [0.29, 0.717) is 6.04 Å². The van der Waals surface area contributed by atoms with Gasteiger partial charge in [-0.25, -0.2) is 0 Å². The van der Waals surface area contributed by atoms with E-state index in [-0.39, 0.29) is 5.91 Å². The minimum atomic E-state index is 0.128. The number of rotatable bonds is 3. The summed E-state index contributed by atoms with van der Waals surface area (Å²) in [6.45, 7) is 7.83. The van der Waals surface area contributed by atoms with Crippen molar-refractivity contribution in [2.24, 2.45) is 0 Å². The molecule has 0 unspecified atom stereocenters. The Hall–Kier alpha value is -2.30. The molecule has 25 heavy (non-hydrogen) atoms. The van der Waals surface area contributed by atoms with E-state index in [1.807, 2.05) is 24.0 Å². The first-order valence-electron chi connectivity index (χ1n) is 9.29. The molecule has 0 aliphatic carbocycles. The van der Waals surface area contributed by atoms with E-state index < -0.39 is 0 Å². The van der Waals surface area contributed by atoms with Gasteiger partial charge in [0.05, 0.1) is 11.7 Å². The highest BCUT2D eigenvalue weighted by molar-refractivity contribution is 5.95. The number of benzene rings is 1. The fraction of sp³-hybridized carbons (Fsp3) is 0.500. The second kappa shape index (κ2) is 6.54. The number of likely N-dealkylation sites (tertiary alicyclic amines) is 1. The second-order valence-electron chi connectivity index (χ2n) is 7.33. The Bertz CT molecular complexity index is 753. The van der Waals surface area contributed by atoms with E-state index >= 15 is 0 Å². The topological polar surface area (TPSA) is 41.4 Å².